The minimum Gasteiger partial charge on any atom is -0.392 e. The average molecular weight is 198 g/mol. The number of aromatic nitrogens is 2. The Labute approximate surface area is 81.5 Å². The second kappa shape index (κ2) is 4.73. The largest absolute Gasteiger partial charge is 0.392 e. The fourth-order valence-corrected chi connectivity index (χ4v) is 0.858. The van der Waals surface area contributed by atoms with Gasteiger partial charge in [-0.05, 0) is 6.92 Å². The fourth-order valence-electron chi connectivity index (χ4n) is 0.858. The molecule has 1 amide bonds. The Hall–Kier alpha value is -1.40. The fraction of sp³-hybridized carbons (Fsp3) is 0.500. The molecule has 1 aromatic rings. The van der Waals surface area contributed by atoms with E-state index in [4.69, 9.17) is 10.8 Å². The van der Waals surface area contributed by atoms with E-state index in [-0.39, 0.29) is 12.5 Å². The van der Waals surface area contributed by atoms with Crippen molar-refractivity contribution in [3.8, 4) is 0 Å². The van der Waals surface area contributed by atoms with Gasteiger partial charge in [0.25, 0.3) is 5.91 Å². The molecule has 0 saturated heterocycles. The molecule has 0 saturated carbocycles. The van der Waals surface area contributed by atoms with E-state index in [0.29, 0.717) is 5.56 Å². The predicted octanol–water partition coefficient (Wildman–Crippen LogP) is -1.15. The van der Waals surface area contributed by atoms with Crippen LogP contribution >= 0.6 is 0 Å². The quantitative estimate of drug-likeness (QED) is 0.490. The molecule has 1 rings (SSSR count). The number of aliphatic hydroxyl groups excluding tert-OH is 1. The van der Waals surface area contributed by atoms with Gasteiger partial charge in [-0.2, -0.15) is 5.10 Å². The van der Waals surface area contributed by atoms with Crippen LogP contribution < -0.4 is 11.1 Å². The van der Waals surface area contributed by atoms with Crippen molar-refractivity contribution < 1.29 is 9.90 Å². The van der Waals surface area contributed by atoms with Crippen LogP contribution in [0.4, 0.5) is 0 Å². The van der Waals surface area contributed by atoms with Crippen LogP contribution in [0.2, 0.25) is 0 Å². The summed E-state index contributed by atoms with van der Waals surface area (Å²) in [5.41, 5.74) is 5.98. The highest BCUT2D eigenvalue weighted by molar-refractivity contribution is 5.93. The molecule has 6 heteroatoms. The first-order valence-electron chi connectivity index (χ1n) is 4.32. The normalized spacial score (nSPS) is 14.8. The Morgan fingerprint density at radius 2 is 2.57 bits per heavy atom. The van der Waals surface area contributed by atoms with Gasteiger partial charge in [-0.3, -0.25) is 9.89 Å². The summed E-state index contributed by atoms with van der Waals surface area (Å²) >= 11 is 0. The van der Waals surface area contributed by atoms with E-state index in [2.05, 4.69) is 15.5 Å². The summed E-state index contributed by atoms with van der Waals surface area (Å²) in [6.07, 6.45) is 2.27. The summed E-state index contributed by atoms with van der Waals surface area (Å²) in [5, 5.41) is 17.8. The standard InChI is InChI=1S/C8H14N4O2/c1-5(13)7(9)4-10-8(14)6-2-11-12-3-6/h2-3,5,7,13H,4,9H2,1H3,(H,10,14)(H,11,12). The molecule has 0 spiro atoms. The van der Waals surface area contributed by atoms with Crippen LogP contribution in [0.5, 0.6) is 0 Å². The SMILES string of the molecule is CC(O)C(N)CNC(=O)c1cn[nH]c1. The summed E-state index contributed by atoms with van der Waals surface area (Å²) in [7, 11) is 0. The maximum atomic E-state index is 11.3. The van der Waals surface area contributed by atoms with Crippen LogP contribution in [0.3, 0.4) is 0 Å². The number of aliphatic hydroxyl groups is 1. The molecule has 0 bridgehead atoms. The van der Waals surface area contributed by atoms with Crippen molar-refractivity contribution in [2.45, 2.75) is 19.1 Å². The van der Waals surface area contributed by atoms with Crippen molar-refractivity contribution in [3.05, 3.63) is 18.0 Å². The van der Waals surface area contributed by atoms with Crippen LogP contribution in [-0.2, 0) is 0 Å². The monoisotopic (exact) mass is 198 g/mol. The number of carbonyl (C=O) groups excluding carboxylic acids is 1. The molecule has 0 aliphatic carbocycles. The molecule has 0 aromatic carbocycles. The van der Waals surface area contributed by atoms with Crippen molar-refractivity contribution in [2.24, 2.45) is 5.73 Å². The zero-order valence-electron chi connectivity index (χ0n) is 7.90. The maximum Gasteiger partial charge on any atom is 0.254 e. The lowest BCUT2D eigenvalue weighted by Gasteiger charge is -2.14. The molecule has 2 atom stereocenters. The van der Waals surface area contributed by atoms with E-state index >= 15 is 0 Å². The first kappa shape index (κ1) is 10.7. The summed E-state index contributed by atoms with van der Waals surface area (Å²) in [6, 6.07) is -0.453. The van der Waals surface area contributed by atoms with Crippen molar-refractivity contribution in [1.82, 2.24) is 15.5 Å². The molecule has 0 fully saturated rings. The van der Waals surface area contributed by atoms with Crippen LogP contribution in [-0.4, -0.2) is 39.9 Å². The summed E-state index contributed by atoms with van der Waals surface area (Å²) < 4.78 is 0. The van der Waals surface area contributed by atoms with Gasteiger partial charge >= 0.3 is 0 Å². The molecule has 1 heterocycles. The number of amides is 1. The van der Waals surface area contributed by atoms with E-state index in [1.54, 1.807) is 6.92 Å². The molecule has 6 nitrogen and oxygen atoms in total. The highest BCUT2D eigenvalue weighted by Crippen LogP contribution is 1.93. The van der Waals surface area contributed by atoms with E-state index in [1.807, 2.05) is 0 Å². The number of nitrogens with two attached hydrogens (primary N) is 1. The van der Waals surface area contributed by atoms with Gasteiger partial charge in [0, 0.05) is 18.8 Å². The minimum atomic E-state index is -0.639. The summed E-state index contributed by atoms with van der Waals surface area (Å²) in [5.74, 6) is -0.255. The molecule has 5 N–H and O–H groups in total. The predicted molar refractivity (Wildman–Crippen MR) is 50.6 cm³/mol. The molecule has 78 valence electrons. The Balaban J connectivity index is 2.36. The molecule has 0 radical (unpaired) electrons. The molecule has 2 unspecified atom stereocenters. The third kappa shape index (κ3) is 2.82. The van der Waals surface area contributed by atoms with Crippen LogP contribution in [0, 0.1) is 0 Å². The number of hydrogen-bond donors (Lipinski definition) is 4. The third-order valence-electron chi connectivity index (χ3n) is 1.88. The molecular formula is C8H14N4O2. The first-order chi connectivity index (χ1) is 6.61. The molecule has 0 aliphatic heterocycles. The summed E-state index contributed by atoms with van der Waals surface area (Å²) in [6.45, 7) is 1.82. The van der Waals surface area contributed by atoms with Gasteiger partial charge in [-0.25, -0.2) is 0 Å². The van der Waals surface area contributed by atoms with Crippen LogP contribution in [0.1, 0.15) is 17.3 Å². The minimum absolute atomic E-state index is 0.238. The zero-order valence-corrected chi connectivity index (χ0v) is 7.90. The van der Waals surface area contributed by atoms with Crippen LogP contribution in [0.15, 0.2) is 12.4 Å². The van der Waals surface area contributed by atoms with E-state index < -0.39 is 12.1 Å². The lowest BCUT2D eigenvalue weighted by atomic mass is 10.2. The molecule has 0 aliphatic rings. The topological polar surface area (TPSA) is 104 Å². The van der Waals surface area contributed by atoms with Gasteiger partial charge < -0.3 is 16.2 Å². The first-order valence-corrected chi connectivity index (χ1v) is 4.32. The van der Waals surface area contributed by atoms with Gasteiger partial charge in [0.05, 0.1) is 17.9 Å². The number of H-pyrrole nitrogens is 1. The summed E-state index contributed by atoms with van der Waals surface area (Å²) in [4.78, 5) is 11.3. The van der Waals surface area contributed by atoms with Crippen molar-refractivity contribution in [3.63, 3.8) is 0 Å². The number of rotatable bonds is 4. The number of nitrogens with zero attached hydrogens (tertiary/aromatic N) is 1. The van der Waals surface area contributed by atoms with Crippen molar-refractivity contribution >= 4 is 5.91 Å². The second-order valence-corrected chi connectivity index (χ2v) is 3.10. The zero-order chi connectivity index (χ0) is 10.6. The van der Waals surface area contributed by atoms with Gasteiger partial charge in [0.1, 0.15) is 0 Å². The van der Waals surface area contributed by atoms with Gasteiger partial charge in [-0.1, -0.05) is 0 Å². The highest BCUT2D eigenvalue weighted by Gasteiger charge is 2.11. The Morgan fingerprint density at radius 1 is 1.86 bits per heavy atom. The number of nitrogens with one attached hydrogen (secondary N) is 2. The maximum absolute atomic E-state index is 11.3. The van der Waals surface area contributed by atoms with Crippen molar-refractivity contribution in [2.75, 3.05) is 6.54 Å². The molecule has 14 heavy (non-hydrogen) atoms. The second-order valence-electron chi connectivity index (χ2n) is 3.10. The van der Waals surface area contributed by atoms with Gasteiger partial charge in [0.2, 0.25) is 0 Å². The highest BCUT2D eigenvalue weighted by atomic mass is 16.3. The lowest BCUT2D eigenvalue weighted by Crippen LogP contribution is -2.43. The average Bonchev–Trinajstić information content (AvgIpc) is 2.66. The number of carbonyl (C=O) groups is 1. The lowest BCUT2D eigenvalue weighted by molar-refractivity contribution is 0.0937. The van der Waals surface area contributed by atoms with E-state index in [0.717, 1.165) is 0 Å². The van der Waals surface area contributed by atoms with E-state index in [9.17, 15) is 4.79 Å². The van der Waals surface area contributed by atoms with Gasteiger partial charge in [-0.15, -0.1) is 0 Å². The molecule has 1 aromatic heterocycles. The van der Waals surface area contributed by atoms with Gasteiger partial charge in [0.15, 0.2) is 0 Å². The third-order valence-corrected chi connectivity index (χ3v) is 1.88. The molecular weight excluding hydrogens is 184 g/mol. The van der Waals surface area contributed by atoms with E-state index in [1.165, 1.54) is 12.4 Å². The Kier molecular flexibility index (Phi) is 3.61. The van der Waals surface area contributed by atoms with Crippen molar-refractivity contribution in [1.29, 1.82) is 0 Å². The number of hydrogen-bond acceptors (Lipinski definition) is 4. The Morgan fingerprint density at radius 3 is 3.07 bits per heavy atom. The Bertz CT molecular complexity index is 284. The number of aromatic amines is 1. The smallest absolute Gasteiger partial charge is 0.254 e. The van der Waals surface area contributed by atoms with Crippen LogP contribution in [0.25, 0.3) is 0 Å².